The standard InChI is InChI=1S/C28H29FN2O5/c1-35-22-10-11-26-24(15-22)23(25(29)16-30-26)9-5-8-20-12-13-31(17-21(20)14-27(32)33)28(34)36-18-19-6-3-2-4-7-19/h2-4,6-7,10-11,14-16,20H,5,8-9,12-13,17-18H2,1H3,(H,32,33). The lowest BCUT2D eigenvalue weighted by Crippen LogP contribution is -2.40. The van der Waals surface area contributed by atoms with Gasteiger partial charge in [-0.05, 0) is 66.5 Å². The largest absolute Gasteiger partial charge is 0.497 e. The number of carbonyl (C=O) groups is 2. The van der Waals surface area contributed by atoms with Gasteiger partial charge < -0.3 is 19.5 Å². The number of hydrogen-bond donors (Lipinski definition) is 1. The summed E-state index contributed by atoms with van der Waals surface area (Å²) in [4.78, 5) is 29.8. The molecule has 0 saturated carbocycles. The molecule has 1 atom stereocenters. The van der Waals surface area contributed by atoms with Crippen molar-refractivity contribution in [2.24, 2.45) is 5.92 Å². The number of carbonyl (C=O) groups excluding carboxylic acids is 1. The molecule has 4 rings (SSSR count). The van der Waals surface area contributed by atoms with E-state index in [1.54, 1.807) is 25.3 Å². The molecule has 1 fully saturated rings. The van der Waals surface area contributed by atoms with E-state index >= 15 is 0 Å². The lowest BCUT2D eigenvalue weighted by atomic mass is 9.86. The Kier molecular flexibility index (Phi) is 8.15. The number of likely N-dealkylation sites (tertiary alicyclic amines) is 1. The molecule has 3 aromatic rings. The molecule has 1 saturated heterocycles. The molecule has 1 aliphatic rings. The Bertz CT molecular complexity index is 1260. The molecule has 1 aromatic heterocycles. The average Bonchev–Trinajstić information content (AvgIpc) is 2.89. The summed E-state index contributed by atoms with van der Waals surface area (Å²) in [7, 11) is 1.56. The van der Waals surface area contributed by atoms with E-state index in [0.29, 0.717) is 60.0 Å². The van der Waals surface area contributed by atoms with Crippen LogP contribution < -0.4 is 4.74 Å². The van der Waals surface area contributed by atoms with Gasteiger partial charge in [0.15, 0.2) is 0 Å². The number of aryl methyl sites for hydroxylation is 1. The number of rotatable bonds is 8. The second-order valence-electron chi connectivity index (χ2n) is 8.86. The van der Waals surface area contributed by atoms with Crippen LogP contribution in [-0.4, -0.2) is 47.3 Å². The first-order valence-corrected chi connectivity index (χ1v) is 11.9. The minimum absolute atomic E-state index is 0.00929. The van der Waals surface area contributed by atoms with Crippen LogP contribution in [0, 0.1) is 11.7 Å². The van der Waals surface area contributed by atoms with Gasteiger partial charge in [-0.25, -0.2) is 14.0 Å². The van der Waals surface area contributed by atoms with E-state index in [4.69, 9.17) is 9.47 Å². The summed E-state index contributed by atoms with van der Waals surface area (Å²) in [5, 5.41) is 10.1. The number of amides is 1. The minimum Gasteiger partial charge on any atom is -0.497 e. The molecular weight excluding hydrogens is 463 g/mol. The highest BCUT2D eigenvalue weighted by Crippen LogP contribution is 2.30. The molecule has 1 amide bonds. The van der Waals surface area contributed by atoms with Crippen molar-refractivity contribution in [1.82, 2.24) is 9.88 Å². The molecule has 0 aliphatic carbocycles. The van der Waals surface area contributed by atoms with E-state index < -0.39 is 12.1 Å². The number of halogens is 1. The fourth-order valence-corrected chi connectivity index (χ4v) is 4.65. The van der Waals surface area contributed by atoms with Crippen LogP contribution in [0.2, 0.25) is 0 Å². The second kappa shape index (κ2) is 11.7. The molecule has 1 N–H and O–H groups in total. The number of carboxylic acids is 1. The van der Waals surface area contributed by atoms with Crippen LogP contribution in [0.5, 0.6) is 5.75 Å². The van der Waals surface area contributed by atoms with Crippen molar-refractivity contribution in [2.75, 3.05) is 20.2 Å². The summed E-state index contributed by atoms with van der Waals surface area (Å²) in [6.07, 6.45) is 4.40. The minimum atomic E-state index is -1.05. The van der Waals surface area contributed by atoms with E-state index in [9.17, 15) is 19.1 Å². The fourth-order valence-electron chi connectivity index (χ4n) is 4.65. The van der Waals surface area contributed by atoms with Gasteiger partial charge in [-0.1, -0.05) is 30.3 Å². The van der Waals surface area contributed by atoms with Crippen molar-refractivity contribution in [2.45, 2.75) is 32.3 Å². The van der Waals surface area contributed by atoms with Crippen LogP contribution >= 0.6 is 0 Å². The lowest BCUT2D eigenvalue weighted by Gasteiger charge is -2.33. The summed E-state index contributed by atoms with van der Waals surface area (Å²) in [6, 6.07) is 14.8. The van der Waals surface area contributed by atoms with E-state index in [2.05, 4.69) is 4.98 Å². The second-order valence-corrected chi connectivity index (χ2v) is 8.86. The zero-order valence-corrected chi connectivity index (χ0v) is 20.2. The Balaban J connectivity index is 1.39. The van der Waals surface area contributed by atoms with Crippen molar-refractivity contribution < 1.29 is 28.6 Å². The highest BCUT2D eigenvalue weighted by Gasteiger charge is 2.28. The summed E-state index contributed by atoms with van der Waals surface area (Å²) in [6.45, 7) is 0.834. The van der Waals surface area contributed by atoms with Gasteiger partial charge in [-0.2, -0.15) is 0 Å². The summed E-state index contributed by atoms with van der Waals surface area (Å²) >= 11 is 0. The van der Waals surface area contributed by atoms with Gasteiger partial charge in [0.2, 0.25) is 0 Å². The third kappa shape index (κ3) is 6.19. The Labute approximate surface area is 209 Å². The molecule has 0 bridgehead atoms. The third-order valence-electron chi connectivity index (χ3n) is 6.53. The third-order valence-corrected chi connectivity index (χ3v) is 6.53. The number of ether oxygens (including phenoxy) is 2. The molecule has 8 heteroatoms. The van der Waals surface area contributed by atoms with Crippen LogP contribution in [-0.2, 0) is 22.6 Å². The SMILES string of the molecule is COc1ccc2ncc(F)c(CCCC3CCN(C(=O)OCc4ccccc4)CC3=CC(=O)O)c2c1. The van der Waals surface area contributed by atoms with Gasteiger partial charge in [0, 0.05) is 24.6 Å². The van der Waals surface area contributed by atoms with Gasteiger partial charge in [0.1, 0.15) is 18.2 Å². The maximum atomic E-state index is 14.7. The first kappa shape index (κ1) is 25.2. The number of carboxylic acid groups (broad SMARTS) is 1. The molecule has 0 radical (unpaired) electrons. The van der Waals surface area contributed by atoms with Gasteiger partial charge in [-0.3, -0.25) is 4.98 Å². The van der Waals surface area contributed by atoms with Gasteiger partial charge in [0.25, 0.3) is 0 Å². The molecule has 1 unspecified atom stereocenters. The van der Waals surface area contributed by atoms with E-state index in [1.165, 1.54) is 17.2 Å². The van der Waals surface area contributed by atoms with Gasteiger partial charge in [0.05, 0.1) is 18.8 Å². The van der Waals surface area contributed by atoms with Crippen LogP contribution in [0.4, 0.5) is 9.18 Å². The average molecular weight is 493 g/mol. The number of aliphatic carboxylic acids is 1. The molecule has 36 heavy (non-hydrogen) atoms. The topological polar surface area (TPSA) is 89.0 Å². The smallest absolute Gasteiger partial charge is 0.410 e. The van der Waals surface area contributed by atoms with Crippen molar-refractivity contribution in [3.63, 3.8) is 0 Å². The summed E-state index contributed by atoms with van der Waals surface area (Å²) in [5.41, 5.74) is 2.83. The number of fused-ring (bicyclic) bond motifs is 1. The van der Waals surface area contributed by atoms with Crippen molar-refractivity contribution in [1.29, 1.82) is 0 Å². The van der Waals surface area contributed by atoms with Gasteiger partial charge in [-0.15, -0.1) is 0 Å². The lowest BCUT2D eigenvalue weighted by molar-refractivity contribution is -0.131. The highest BCUT2D eigenvalue weighted by molar-refractivity contribution is 5.83. The maximum absolute atomic E-state index is 14.7. The number of methoxy groups -OCH3 is 1. The van der Waals surface area contributed by atoms with Crippen molar-refractivity contribution in [3.8, 4) is 5.75 Å². The number of hydrogen-bond acceptors (Lipinski definition) is 5. The predicted molar refractivity (Wildman–Crippen MR) is 133 cm³/mol. The Morgan fingerprint density at radius 2 is 2.03 bits per heavy atom. The normalized spacial score (nSPS) is 16.8. The molecule has 1 aliphatic heterocycles. The fraction of sp³-hybridized carbons (Fsp3) is 0.321. The van der Waals surface area contributed by atoms with E-state index in [-0.39, 0.29) is 24.9 Å². The molecule has 0 spiro atoms. The first-order valence-electron chi connectivity index (χ1n) is 11.9. The Morgan fingerprint density at radius 1 is 1.22 bits per heavy atom. The van der Waals surface area contributed by atoms with E-state index in [1.807, 2.05) is 30.3 Å². The summed E-state index contributed by atoms with van der Waals surface area (Å²) in [5.74, 6) is -0.792. The zero-order chi connectivity index (χ0) is 25.5. The number of benzene rings is 2. The molecular formula is C28H29FN2O5. The predicted octanol–water partition coefficient (Wildman–Crippen LogP) is 5.37. The van der Waals surface area contributed by atoms with Gasteiger partial charge >= 0.3 is 12.1 Å². The zero-order valence-electron chi connectivity index (χ0n) is 20.2. The van der Waals surface area contributed by atoms with Crippen LogP contribution in [0.15, 0.2) is 66.4 Å². The Morgan fingerprint density at radius 3 is 2.78 bits per heavy atom. The van der Waals surface area contributed by atoms with Crippen molar-refractivity contribution in [3.05, 3.63) is 83.3 Å². The number of nitrogens with zero attached hydrogens (tertiary/aromatic N) is 2. The first-order chi connectivity index (χ1) is 17.4. The maximum Gasteiger partial charge on any atom is 0.410 e. The van der Waals surface area contributed by atoms with E-state index in [0.717, 1.165) is 5.56 Å². The highest BCUT2D eigenvalue weighted by atomic mass is 19.1. The monoisotopic (exact) mass is 492 g/mol. The molecule has 2 aromatic carbocycles. The molecule has 7 nitrogen and oxygen atoms in total. The van der Waals surface area contributed by atoms with Crippen LogP contribution in [0.3, 0.4) is 0 Å². The van der Waals surface area contributed by atoms with Crippen LogP contribution in [0.25, 0.3) is 10.9 Å². The number of piperidine rings is 1. The van der Waals surface area contributed by atoms with Crippen molar-refractivity contribution >= 4 is 23.0 Å². The van der Waals surface area contributed by atoms with Crippen LogP contribution in [0.1, 0.15) is 30.4 Å². The number of aromatic nitrogens is 1. The number of pyridine rings is 1. The molecule has 2 heterocycles. The molecule has 188 valence electrons. The quantitative estimate of drug-likeness (QED) is 0.425. The Hall–Kier alpha value is -3.94. The summed E-state index contributed by atoms with van der Waals surface area (Å²) < 4.78 is 25.4.